The molecule has 0 spiro atoms. The molecule has 1 N–H and O–H groups in total. The lowest BCUT2D eigenvalue weighted by Gasteiger charge is -2.32. The summed E-state index contributed by atoms with van der Waals surface area (Å²) in [6.07, 6.45) is 5.80. The van der Waals surface area contributed by atoms with Crippen LogP contribution in [0.5, 0.6) is 0 Å². The Bertz CT molecular complexity index is 1310. The number of hydrogen-bond acceptors (Lipinski definition) is 5. The molecule has 7 heteroatoms. The summed E-state index contributed by atoms with van der Waals surface area (Å²) in [5, 5.41) is 11.9. The van der Waals surface area contributed by atoms with Crippen molar-refractivity contribution in [1.82, 2.24) is 9.88 Å². The number of piperidine rings is 1. The van der Waals surface area contributed by atoms with Crippen molar-refractivity contribution >= 4 is 23.3 Å². The van der Waals surface area contributed by atoms with Crippen molar-refractivity contribution in [3.05, 3.63) is 88.6 Å². The van der Waals surface area contributed by atoms with Gasteiger partial charge in [0.25, 0.3) is 11.8 Å². The number of aryl methyl sites for hydroxylation is 1. The van der Waals surface area contributed by atoms with Gasteiger partial charge >= 0.3 is 0 Å². The summed E-state index contributed by atoms with van der Waals surface area (Å²) in [7, 11) is 0. The second kappa shape index (κ2) is 13.1. The minimum Gasteiger partial charge on any atom is -0.357 e. The van der Waals surface area contributed by atoms with E-state index < -0.39 is 0 Å². The summed E-state index contributed by atoms with van der Waals surface area (Å²) < 4.78 is 0. The molecule has 0 unspecified atom stereocenters. The Morgan fingerprint density at radius 2 is 1.64 bits per heavy atom. The van der Waals surface area contributed by atoms with Gasteiger partial charge in [-0.3, -0.25) is 9.59 Å². The van der Waals surface area contributed by atoms with E-state index in [4.69, 9.17) is 5.26 Å². The van der Waals surface area contributed by atoms with Gasteiger partial charge in [-0.05, 0) is 86.1 Å². The highest BCUT2D eigenvalue weighted by Crippen LogP contribution is 2.29. The molecule has 1 aromatic heterocycles. The van der Waals surface area contributed by atoms with Crippen molar-refractivity contribution < 1.29 is 9.59 Å². The molecule has 2 fully saturated rings. The Balaban J connectivity index is 0.00000172. The number of hydrogen-bond donors (Lipinski definition) is 1. The van der Waals surface area contributed by atoms with Crippen molar-refractivity contribution in [3.63, 3.8) is 0 Å². The first-order valence-electron chi connectivity index (χ1n) is 13.9. The van der Waals surface area contributed by atoms with E-state index in [9.17, 15) is 9.59 Å². The molecule has 2 aliphatic heterocycles. The second-order valence-electron chi connectivity index (χ2n) is 9.88. The van der Waals surface area contributed by atoms with E-state index in [1.165, 1.54) is 18.4 Å². The van der Waals surface area contributed by atoms with Gasteiger partial charge in [-0.2, -0.15) is 5.26 Å². The smallest absolute Gasteiger partial charge is 0.255 e. The summed E-state index contributed by atoms with van der Waals surface area (Å²) >= 11 is 0. The van der Waals surface area contributed by atoms with E-state index in [-0.39, 0.29) is 11.8 Å². The molecule has 0 aliphatic carbocycles. The van der Waals surface area contributed by atoms with Crippen LogP contribution in [0, 0.1) is 18.3 Å². The Labute approximate surface area is 231 Å². The molecule has 39 heavy (non-hydrogen) atoms. The molecule has 0 radical (unpaired) electrons. The normalized spacial score (nSPS) is 15.2. The van der Waals surface area contributed by atoms with Crippen molar-refractivity contribution in [2.75, 3.05) is 36.4 Å². The Morgan fingerprint density at radius 3 is 2.26 bits per heavy atom. The van der Waals surface area contributed by atoms with Crippen molar-refractivity contribution in [1.29, 1.82) is 5.26 Å². The highest BCUT2D eigenvalue weighted by atomic mass is 16.2. The third-order valence-electron chi connectivity index (χ3n) is 7.46. The van der Waals surface area contributed by atoms with Crippen LogP contribution in [0.3, 0.4) is 0 Å². The van der Waals surface area contributed by atoms with Crippen LogP contribution in [-0.4, -0.2) is 47.9 Å². The molecule has 2 aromatic carbocycles. The van der Waals surface area contributed by atoms with Gasteiger partial charge in [-0.1, -0.05) is 32.0 Å². The standard InChI is InChI=1S/C30H31N5O2.C2H6/c1-21-4-7-25(30(37)35-16-12-24(13-17-35)23-8-5-22(19-31)6-9-23)18-27(21)29(36)33-26-10-11-28(32-20-26)34-14-2-3-15-34;1-2/h4-11,18,20,24H,2-3,12-17H2,1H3,(H,33,36);1-2H3. The van der Waals surface area contributed by atoms with E-state index in [2.05, 4.69) is 21.3 Å². The van der Waals surface area contributed by atoms with Gasteiger partial charge in [-0.15, -0.1) is 0 Å². The van der Waals surface area contributed by atoms with Crippen LogP contribution in [-0.2, 0) is 0 Å². The van der Waals surface area contributed by atoms with E-state index in [1.807, 2.05) is 68.1 Å². The maximum Gasteiger partial charge on any atom is 0.255 e. The van der Waals surface area contributed by atoms with Crippen LogP contribution < -0.4 is 10.2 Å². The van der Waals surface area contributed by atoms with Crippen LogP contribution in [0.15, 0.2) is 60.8 Å². The number of nitrogens with one attached hydrogen (secondary N) is 1. The summed E-state index contributed by atoms with van der Waals surface area (Å²) in [5.74, 6) is 1.01. The van der Waals surface area contributed by atoms with Crippen LogP contribution >= 0.6 is 0 Å². The molecule has 3 aromatic rings. The third kappa shape index (κ3) is 6.64. The van der Waals surface area contributed by atoms with Gasteiger partial charge in [-0.25, -0.2) is 4.98 Å². The monoisotopic (exact) mass is 523 g/mol. The molecule has 0 saturated carbocycles. The first-order valence-corrected chi connectivity index (χ1v) is 13.9. The second-order valence-corrected chi connectivity index (χ2v) is 9.88. The Morgan fingerprint density at radius 1 is 0.949 bits per heavy atom. The number of pyridine rings is 1. The molecule has 5 rings (SSSR count). The molecular formula is C32H37N5O2. The highest BCUT2D eigenvalue weighted by Gasteiger charge is 2.25. The number of amides is 2. The van der Waals surface area contributed by atoms with Crippen LogP contribution in [0.1, 0.15) is 82.9 Å². The van der Waals surface area contributed by atoms with Gasteiger partial charge in [0.15, 0.2) is 0 Å². The van der Waals surface area contributed by atoms with Crippen LogP contribution in [0.25, 0.3) is 0 Å². The van der Waals surface area contributed by atoms with Gasteiger partial charge in [0, 0.05) is 37.3 Å². The summed E-state index contributed by atoms with van der Waals surface area (Å²) in [6.45, 7) is 9.24. The lowest BCUT2D eigenvalue weighted by atomic mass is 9.88. The molecule has 2 saturated heterocycles. The summed E-state index contributed by atoms with van der Waals surface area (Å²) in [6, 6.07) is 19.0. The van der Waals surface area contributed by atoms with Crippen molar-refractivity contribution in [3.8, 4) is 6.07 Å². The number of benzene rings is 2. The number of carbonyl (C=O) groups excluding carboxylic acids is 2. The van der Waals surface area contributed by atoms with E-state index >= 15 is 0 Å². The zero-order valence-electron chi connectivity index (χ0n) is 23.1. The fourth-order valence-electron chi connectivity index (χ4n) is 5.22. The SMILES string of the molecule is CC.Cc1ccc(C(=O)N2CCC(c3ccc(C#N)cc3)CC2)cc1C(=O)Nc1ccc(N2CCCC2)nc1. The van der Waals surface area contributed by atoms with Crippen molar-refractivity contribution in [2.24, 2.45) is 0 Å². The van der Waals surface area contributed by atoms with Crippen LogP contribution in [0.4, 0.5) is 11.5 Å². The number of anilines is 2. The zero-order valence-corrected chi connectivity index (χ0v) is 23.1. The van der Waals surface area contributed by atoms with E-state index in [0.717, 1.165) is 37.3 Å². The largest absolute Gasteiger partial charge is 0.357 e. The lowest BCUT2D eigenvalue weighted by molar-refractivity contribution is 0.0713. The minimum absolute atomic E-state index is 0.0519. The third-order valence-corrected chi connectivity index (χ3v) is 7.46. The summed E-state index contributed by atoms with van der Waals surface area (Å²) in [4.78, 5) is 35.0. The van der Waals surface area contributed by atoms with E-state index in [1.54, 1.807) is 18.3 Å². The molecule has 202 valence electrons. The van der Waals surface area contributed by atoms with Crippen molar-refractivity contribution in [2.45, 2.75) is 52.4 Å². The average Bonchev–Trinajstić information content (AvgIpc) is 3.54. The highest BCUT2D eigenvalue weighted by molar-refractivity contribution is 6.07. The number of aromatic nitrogens is 1. The average molecular weight is 524 g/mol. The number of likely N-dealkylation sites (tertiary alicyclic amines) is 1. The van der Waals surface area contributed by atoms with Gasteiger partial charge in [0.05, 0.1) is 23.5 Å². The first kappa shape index (κ1) is 27.8. The fourth-order valence-corrected chi connectivity index (χ4v) is 5.22. The summed E-state index contributed by atoms with van der Waals surface area (Å²) in [5.41, 5.74) is 4.33. The molecule has 7 nitrogen and oxygen atoms in total. The fraction of sp³-hybridized carbons (Fsp3) is 0.375. The Kier molecular flexibility index (Phi) is 9.32. The van der Waals surface area contributed by atoms with Gasteiger partial charge in [0.2, 0.25) is 0 Å². The Hall–Kier alpha value is -4.18. The zero-order chi connectivity index (χ0) is 27.8. The van der Waals surface area contributed by atoms with Gasteiger partial charge < -0.3 is 15.1 Å². The molecule has 0 atom stereocenters. The van der Waals surface area contributed by atoms with Crippen LogP contribution in [0.2, 0.25) is 0 Å². The molecule has 2 amide bonds. The maximum atomic E-state index is 13.3. The molecule has 2 aliphatic rings. The lowest BCUT2D eigenvalue weighted by Crippen LogP contribution is -2.38. The molecule has 0 bridgehead atoms. The van der Waals surface area contributed by atoms with Gasteiger partial charge in [0.1, 0.15) is 5.82 Å². The maximum absolute atomic E-state index is 13.3. The first-order chi connectivity index (χ1) is 19.0. The topological polar surface area (TPSA) is 89.3 Å². The minimum atomic E-state index is -0.248. The number of carbonyl (C=O) groups is 2. The predicted octanol–water partition coefficient (Wildman–Crippen LogP) is 6.16. The number of nitriles is 1. The predicted molar refractivity (Wildman–Crippen MR) is 155 cm³/mol. The van der Waals surface area contributed by atoms with E-state index in [0.29, 0.717) is 41.4 Å². The molecule has 3 heterocycles. The molecular weight excluding hydrogens is 486 g/mol. The number of rotatable bonds is 5. The quantitative estimate of drug-likeness (QED) is 0.433. The number of nitrogens with zero attached hydrogens (tertiary/aromatic N) is 4.